The summed E-state index contributed by atoms with van der Waals surface area (Å²) in [5.41, 5.74) is 2.02. The van der Waals surface area contributed by atoms with Crippen LogP contribution in [0.2, 0.25) is 0 Å². The van der Waals surface area contributed by atoms with Gasteiger partial charge in [-0.25, -0.2) is 4.79 Å². The standard InChI is InChI=1S/C19H22N2O2S/c22-19(23-18-13-20-9-6-16(18)7-10-20)21(12-15-8-11-24-14-15)17-4-2-1-3-5-17/h1-5,8,11,14,16,18H,6-7,9-10,12-13H2. The first-order valence-corrected chi connectivity index (χ1v) is 9.50. The minimum atomic E-state index is -0.230. The third-order valence-electron chi connectivity index (χ3n) is 5.06. The van der Waals surface area contributed by atoms with Gasteiger partial charge in [0.15, 0.2) is 0 Å². The van der Waals surface area contributed by atoms with Crippen LogP contribution < -0.4 is 4.90 Å². The highest BCUT2D eigenvalue weighted by molar-refractivity contribution is 7.07. The molecule has 3 fully saturated rings. The first-order chi connectivity index (χ1) is 11.8. The monoisotopic (exact) mass is 342 g/mol. The smallest absolute Gasteiger partial charge is 0.414 e. The van der Waals surface area contributed by atoms with Crippen molar-refractivity contribution in [2.75, 3.05) is 24.5 Å². The molecule has 0 spiro atoms. The molecule has 1 unspecified atom stereocenters. The summed E-state index contributed by atoms with van der Waals surface area (Å²) in [6.45, 7) is 3.73. The molecule has 0 saturated carbocycles. The van der Waals surface area contributed by atoms with Crippen molar-refractivity contribution in [3.05, 3.63) is 52.7 Å². The second kappa shape index (κ2) is 6.95. The van der Waals surface area contributed by atoms with Crippen LogP contribution in [0.4, 0.5) is 10.5 Å². The number of carbonyl (C=O) groups excluding carboxylic acids is 1. The first-order valence-electron chi connectivity index (χ1n) is 8.56. The zero-order valence-electron chi connectivity index (χ0n) is 13.6. The molecule has 3 aliphatic heterocycles. The number of carbonyl (C=O) groups is 1. The second-order valence-corrected chi connectivity index (χ2v) is 7.39. The molecule has 4 nitrogen and oxygen atoms in total. The normalized spacial score (nSPS) is 25.4. The molecule has 1 aromatic carbocycles. The molecule has 126 valence electrons. The van der Waals surface area contributed by atoms with E-state index in [1.54, 1.807) is 16.2 Å². The highest BCUT2D eigenvalue weighted by atomic mass is 32.1. The van der Waals surface area contributed by atoms with Crippen LogP contribution >= 0.6 is 11.3 Å². The SMILES string of the molecule is O=C(OC1CN2CCC1CC2)N(Cc1ccsc1)c1ccccc1. The zero-order valence-corrected chi connectivity index (χ0v) is 14.5. The number of fused-ring (bicyclic) bond motifs is 3. The maximum Gasteiger partial charge on any atom is 0.414 e. The fraction of sp³-hybridized carbons (Fsp3) is 0.421. The van der Waals surface area contributed by atoms with E-state index in [4.69, 9.17) is 4.74 Å². The summed E-state index contributed by atoms with van der Waals surface area (Å²) < 4.78 is 5.94. The largest absolute Gasteiger partial charge is 0.444 e. The van der Waals surface area contributed by atoms with Crippen LogP contribution in [-0.4, -0.2) is 36.7 Å². The minimum absolute atomic E-state index is 0.0358. The summed E-state index contributed by atoms with van der Waals surface area (Å²) in [6, 6.07) is 11.9. The van der Waals surface area contributed by atoms with Gasteiger partial charge in [-0.1, -0.05) is 18.2 Å². The van der Waals surface area contributed by atoms with E-state index in [9.17, 15) is 4.79 Å². The number of ether oxygens (including phenoxy) is 1. The van der Waals surface area contributed by atoms with Gasteiger partial charge in [0.2, 0.25) is 0 Å². The lowest BCUT2D eigenvalue weighted by atomic mass is 9.86. The quantitative estimate of drug-likeness (QED) is 0.842. The van der Waals surface area contributed by atoms with Gasteiger partial charge >= 0.3 is 6.09 Å². The molecule has 3 aliphatic rings. The number of amides is 1. The zero-order chi connectivity index (χ0) is 16.4. The summed E-state index contributed by atoms with van der Waals surface area (Å²) in [5, 5.41) is 4.12. The Bertz CT molecular complexity index is 666. The van der Waals surface area contributed by atoms with E-state index >= 15 is 0 Å². The van der Waals surface area contributed by atoms with Crippen molar-refractivity contribution in [2.24, 2.45) is 5.92 Å². The average Bonchev–Trinajstić information content (AvgIpc) is 3.14. The van der Waals surface area contributed by atoms with Crippen molar-refractivity contribution in [3.63, 3.8) is 0 Å². The van der Waals surface area contributed by atoms with Crippen molar-refractivity contribution in [1.29, 1.82) is 0 Å². The number of para-hydroxylation sites is 1. The highest BCUT2D eigenvalue weighted by Gasteiger charge is 2.37. The van der Waals surface area contributed by atoms with Gasteiger partial charge in [-0.15, -0.1) is 0 Å². The summed E-state index contributed by atoms with van der Waals surface area (Å²) in [5.74, 6) is 0.526. The van der Waals surface area contributed by atoms with E-state index in [1.807, 2.05) is 35.7 Å². The van der Waals surface area contributed by atoms with Crippen LogP contribution in [0.25, 0.3) is 0 Å². The Kier molecular flexibility index (Phi) is 4.54. The molecular weight excluding hydrogens is 320 g/mol. The molecule has 5 rings (SSSR count). The Hall–Kier alpha value is -1.85. The molecule has 5 heteroatoms. The van der Waals surface area contributed by atoms with Crippen LogP contribution in [-0.2, 0) is 11.3 Å². The lowest BCUT2D eigenvalue weighted by molar-refractivity contribution is -0.0311. The van der Waals surface area contributed by atoms with Gasteiger partial charge in [-0.2, -0.15) is 11.3 Å². The Morgan fingerprint density at radius 1 is 1.21 bits per heavy atom. The van der Waals surface area contributed by atoms with E-state index in [2.05, 4.69) is 16.3 Å². The number of nitrogens with zero attached hydrogens (tertiary/aromatic N) is 2. The van der Waals surface area contributed by atoms with Gasteiger partial charge in [-0.3, -0.25) is 9.80 Å². The molecule has 2 bridgehead atoms. The first kappa shape index (κ1) is 15.7. The van der Waals surface area contributed by atoms with Crippen molar-refractivity contribution in [2.45, 2.75) is 25.5 Å². The molecule has 2 aromatic rings. The number of anilines is 1. The molecule has 0 aliphatic carbocycles. The lowest BCUT2D eigenvalue weighted by Gasteiger charge is -2.44. The van der Waals surface area contributed by atoms with Crippen LogP contribution in [0, 0.1) is 5.92 Å². The van der Waals surface area contributed by atoms with Crippen molar-refractivity contribution in [1.82, 2.24) is 4.90 Å². The Morgan fingerprint density at radius 2 is 2.00 bits per heavy atom. The summed E-state index contributed by atoms with van der Waals surface area (Å²) >= 11 is 1.65. The Labute approximate surface area is 146 Å². The van der Waals surface area contributed by atoms with Gasteiger partial charge in [0.25, 0.3) is 0 Å². The predicted molar refractivity (Wildman–Crippen MR) is 96.4 cm³/mol. The van der Waals surface area contributed by atoms with Gasteiger partial charge in [0, 0.05) is 12.2 Å². The number of thiophene rings is 1. The van der Waals surface area contributed by atoms with Crippen molar-refractivity contribution < 1.29 is 9.53 Å². The third kappa shape index (κ3) is 3.32. The molecule has 1 aromatic heterocycles. The third-order valence-corrected chi connectivity index (χ3v) is 5.79. The number of rotatable bonds is 4. The molecule has 1 atom stereocenters. The van der Waals surface area contributed by atoms with Crippen LogP contribution in [0.5, 0.6) is 0 Å². The molecule has 3 saturated heterocycles. The maximum atomic E-state index is 12.9. The van der Waals surface area contributed by atoms with Crippen molar-refractivity contribution >= 4 is 23.1 Å². The average molecular weight is 342 g/mol. The van der Waals surface area contributed by atoms with E-state index in [-0.39, 0.29) is 12.2 Å². The van der Waals surface area contributed by atoms with Crippen LogP contribution in [0.1, 0.15) is 18.4 Å². The minimum Gasteiger partial charge on any atom is -0.444 e. The van der Waals surface area contributed by atoms with E-state index in [1.165, 1.54) is 0 Å². The Morgan fingerprint density at radius 3 is 2.62 bits per heavy atom. The summed E-state index contributed by atoms with van der Waals surface area (Å²) in [6.07, 6.45) is 2.10. The fourth-order valence-electron chi connectivity index (χ4n) is 3.67. The second-order valence-electron chi connectivity index (χ2n) is 6.61. The van der Waals surface area contributed by atoms with Crippen LogP contribution in [0.15, 0.2) is 47.2 Å². The van der Waals surface area contributed by atoms with Gasteiger partial charge in [-0.05, 0) is 66.4 Å². The summed E-state index contributed by atoms with van der Waals surface area (Å²) in [7, 11) is 0. The van der Waals surface area contributed by atoms with Gasteiger partial charge in [0.05, 0.1) is 6.54 Å². The van der Waals surface area contributed by atoms with E-state index < -0.39 is 0 Å². The molecular formula is C19H22N2O2S. The Balaban J connectivity index is 1.50. The number of hydrogen-bond acceptors (Lipinski definition) is 4. The summed E-state index contributed by atoms with van der Waals surface area (Å²) in [4.78, 5) is 17.1. The number of benzene rings is 1. The lowest BCUT2D eigenvalue weighted by Crippen LogP contribution is -2.53. The molecule has 0 radical (unpaired) electrons. The maximum absolute atomic E-state index is 12.9. The van der Waals surface area contributed by atoms with E-state index in [0.717, 1.165) is 43.7 Å². The topological polar surface area (TPSA) is 32.8 Å². The molecule has 1 amide bonds. The fourth-order valence-corrected chi connectivity index (χ4v) is 4.33. The van der Waals surface area contributed by atoms with Crippen LogP contribution in [0.3, 0.4) is 0 Å². The molecule has 24 heavy (non-hydrogen) atoms. The number of piperidine rings is 3. The van der Waals surface area contributed by atoms with Crippen molar-refractivity contribution in [3.8, 4) is 0 Å². The van der Waals surface area contributed by atoms with E-state index in [0.29, 0.717) is 12.5 Å². The molecule has 0 N–H and O–H groups in total. The predicted octanol–water partition coefficient (Wildman–Crippen LogP) is 3.99. The van der Waals surface area contributed by atoms with Gasteiger partial charge in [0.1, 0.15) is 6.10 Å². The number of hydrogen-bond donors (Lipinski definition) is 0. The van der Waals surface area contributed by atoms with Gasteiger partial charge < -0.3 is 4.74 Å². The highest BCUT2D eigenvalue weighted by Crippen LogP contribution is 2.30. The molecule has 4 heterocycles.